The summed E-state index contributed by atoms with van der Waals surface area (Å²) < 4.78 is 6.35. The van der Waals surface area contributed by atoms with Gasteiger partial charge >= 0.3 is 0 Å². The highest BCUT2D eigenvalue weighted by Gasteiger charge is 2.00. The average Bonchev–Trinajstić information content (AvgIpc) is 2.69. The summed E-state index contributed by atoms with van der Waals surface area (Å²) in [5.41, 5.74) is 7.56. The fraction of sp³-hybridized carbons (Fsp3) is 0.0909. The molecule has 3 nitrogen and oxygen atoms in total. The number of hydrogen-bond acceptors (Lipinski definition) is 3. The summed E-state index contributed by atoms with van der Waals surface area (Å²) in [6.07, 6.45) is 1.66. The van der Waals surface area contributed by atoms with E-state index in [0.717, 1.165) is 20.7 Å². The van der Waals surface area contributed by atoms with Gasteiger partial charge in [-0.05, 0) is 52.9 Å². The molecule has 0 aliphatic carbocycles. The van der Waals surface area contributed by atoms with Gasteiger partial charge in [0.1, 0.15) is 5.76 Å². The van der Waals surface area contributed by atoms with E-state index in [4.69, 9.17) is 10.2 Å². The Labute approximate surface area is 102 Å². The fourth-order valence-corrected chi connectivity index (χ4v) is 1.81. The SMILES string of the molecule is Nc1cc(I)ccc1NCc1ccco1. The van der Waals surface area contributed by atoms with Crippen molar-refractivity contribution >= 4 is 34.0 Å². The Morgan fingerprint density at radius 3 is 2.87 bits per heavy atom. The van der Waals surface area contributed by atoms with E-state index < -0.39 is 0 Å². The maximum atomic E-state index is 5.86. The van der Waals surface area contributed by atoms with Crippen LogP contribution in [0.4, 0.5) is 11.4 Å². The molecule has 0 unspecified atom stereocenters. The number of furan rings is 1. The third kappa shape index (κ3) is 2.65. The number of nitrogen functional groups attached to an aromatic ring is 1. The van der Waals surface area contributed by atoms with Crippen LogP contribution in [0.3, 0.4) is 0 Å². The van der Waals surface area contributed by atoms with Crippen LogP contribution >= 0.6 is 22.6 Å². The van der Waals surface area contributed by atoms with Gasteiger partial charge in [0.2, 0.25) is 0 Å². The van der Waals surface area contributed by atoms with E-state index in [-0.39, 0.29) is 0 Å². The van der Waals surface area contributed by atoms with Crippen molar-refractivity contribution in [1.82, 2.24) is 0 Å². The Hall–Kier alpha value is -1.17. The van der Waals surface area contributed by atoms with Gasteiger partial charge in [0.25, 0.3) is 0 Å². The van der Waals surface area contributed by atoms with Crippen molar-refractivity contribution in [2.75, 3.05) is 11.1 Å². The molecule has 0 aliphatic rings. The smallest absolute Gasteiger partial charge is 0.122 e. The van der Waals surface area contributed by atoms with Crippen molar-refractivity contribution < 1.29 is 4.42 Å². The fourth-order valence-electron chi connectivity index (χ4n) is 1.29. The second-order valence-electron chi connectivity index (χ2n) is 3.16. The second-order valence-corrected chi connectivity index (χ2v) is 4.41. The second kappa shape index (κ2) is 4.57. The molecule has 0 atom stereocenters. The minimum atomic E-state index is 0.651. The van der Waals surface area contributed by atoms with E-state index in [2.05, 4.69) is 27.9 Å². The Bertz CT molecular complexity index is 440. The first kappa shape index (κ1) is 10.4. The summed E-state index contributed by atoms with van der Waals surface area (Å²) in [4.78, 5) is 0. The first-order chi connectivity index (χ1) is 7.25. The first-order valence-electron chi connectivity index (χ1n) is 4.57. The highest BCUT2D eigenvalue weighted by molar-refractivity contribution is 14.1. The summed E-state index contributed by atoms with van der Waals surface area (Å²) in [6.45, 7) is 0.651. The molecule has 2 rings (SSSR count). The quantitative estimate of drug-likeness (QED) is 0.676. The predicted molar refractivity (Wildman–Crippen MR) is 69.6 cm³/mol. The van der Waals surface area contributed by atoms with Crippen LogP contribution in [-0.4, -0.2) is 0 Å². The van der Waals surface area contributed by atoms with Crippen LogP contribution in [0.5, 0.6) is 0 Å². The van der Waals surface area contributed by atoms with Crippen molar-refractivity contribution in [3.8, 4) is 0 Å². The Balaban J connectivity index is 2.05. The zero-order chi connectivity index (χ0) is 10.7. The van der Waals surface area contributed by atoms with E-state index in [0.29, 0.717) is 6.54 Å². The molecule has 0 bridgehead atoms. The van der Waals surface area contributed by atoms with E-state index in [1.165, 1.54) is 0 Å². The lowest BCUT2D eigenvalue weighted by atomic mass is 10.2. The third-order valence-electron chi connectivity index (χ3n) is 2.05. The van der Waals surface area contributed by atoms with Gasteiger partial charge in [-0.2, -0.15) is 0 Å². The van der Waals surface area contributed by atoms with Gasteiger partial charge in [-0.15, -0.1) is 0 Å². The topological polar surface area (TPSA) is 51.2 Å². The van der Waals surface area contributed by atoms with E-state index in [1.807, 2.05) is 30.3 Å². The highest BCUT2D eigenvalue weighted by atomic mass is 127. The lowest BCUT2D eigenvalue weighted by molar-refractivity contribution is 0.518. The predicted octanol–water partition coefficient (Wildman–Crippen LogP) is 3.08. The zero-order valence-corrected chi connectivity index (χ0v) is 10.2. The van der Waals surface area contributed by atoms with Crippen LogP contribution in [-0.2, 0) is 6.54 Å². The number of halogens is 1. The van der Waals surface area contributed by atoms with Crippen LogP contribution in [0.1, 0.15) is 5.76 Å². The maximum Gasteiger partial charge on any atom is 0.122 e. The van der Waals surface area contributed by atoms with Crippen LogP contribution in [0.2, 0.25) is 0 Å². The largest absolute Gasteiger partial charge is 0.467 e. The Kier molecular flexibility index (Phi) is 3.15. The maximum absolute atomic E-state index is 5.86. The summed E-state index contributed by atoms with van der Waals surface area (Å²) in [5.74, 6) is 0.896. The minimum absolute atomic E-state index is 0.651. The minimum Gasteiger partial charge on any atom is -0.467 e. The van der Waals surface area contributed by atoms with Crippen LogP contribution in [0, 0.1) is 3.57 Å². The highest BCUT2D eigenvalue weighted by Crippen LogP contribution is 2.21. The van der Waals surface area contributed by atoms with Crippen LogP contribution < -0.4 is 11.1 Å². The van der Waals surface area contributed by atoms with E-state index >= 15 is 0 Å². The molecule has 0 aliphatic heterocycles. The Morgan fingerprint density at radius 2 is 2.20 bits per heavy atom. The summed E-state index contributed by atoms with van der Waals surface area (Å²) >= 11 is 2.23. The van der Waals surface area contributed by atoms with Crippen molar-refractivity contribution in [2.24, 2.45) is 0 Å². The molecular formula is C11H11IN2O. The van der Waals surface area contributed by atoms with Gasteiger partial charge < -0.3 is 15.5 Å². The van der Waals surface area contributed by atoms with E-state index in [1.54, 1.807) is 6.26 Å². The van der Waals surface area contributed by atoms with Crippen LogP contribution in [0.25, 0.3) is 0 Å². The molecule has 0 spiro atoms. The molecule has 0 saturated carbocycles. The summed E-state index contributed by atoms with van der Waals surface area (Å²) in [6, 6.07) is 9.72. The number of anilines is 2. The number of hydrogen-bond donors (Lipinski definition) is 2. The van der Waals surface area contributed by atoms with Crippen molar-refractivity contribution in [3.05, 3.63) is 45.9 Å². The number of nitrogens with two attached hydrogens (primary N) is 1. The van der Waals surface area contributed by atoms with Gasteiger partial charge in [0.05, 0.1) is 24.2 Å². The number of benzene rings is 1. The van der Waals surface area contributed by atoms with Gasteiger partial charge in [0.15, 0.2) is 0 Å². The van der Waals surface area contributed by atoms with Crippen molar-refractivity contribution in [3.63, 3.8) is 0 Å². The average molecular weight is 314 g/mol. The molecule has 1 aromatic heterocycles. The van der Waals surface area contributed by atoms with Crippen LogP contribution in [0.15, 0.2) is 41.0 Å². The monoisotopic (exact) mass is 314 g/mol. The van der Waals surface area contributed by atoms with Gasteiger partial charge in [0, 0.05) is 3.57 Å². The summed E-state index contributed by atoms with van der Waals surface area (Å²) in [5, 5.41) is 3.22. The molecule has 3 N–H and O–H groups in total. The molecule has 1 heterocycles. The van der Waals surface area contributed by atoms with Crippen molar-refractivity contribution in [1.29, 1.82) is 0 Å². The molecule has 0 amide bonds. The molecular weight excluding hydrogens is 303 g/mol. The number of rotatable bonds is 3. The third-order valence-corrected chi connectivity index (χ3v) is 2.72. The number of nitrogens with one attached hydrogen (secondary N) is 1. The molecule has 1 aromatic carbocycles. The normalized spacial score (nSPS) is 10.2. The summed E-state index contributed by atoms with van der Waals surface area (Å²) in [7, 11) is 0. The van der Waals surface area contributed by atoms with Crippen molar-refractivity contribution in [2.45, 2.75) is 6.54 Å². The molecule has 78 valence electrons. The molecule has 15 heavy (non-hydrogen) atoms. The Morgan fingerprint density at radius 1 is 1.33 bits per heavy atom. The standard InChI is InChI=1S/C11H11IN2O/c12-8-3-4-11(10(13)6-8)14-7-9-2-1-5-15-9/h1-6,14H,7,13H2. The molecule has 0 radical (unpaired) electrons. The van der Waals surface area contributed by atoms with Gasteiger partial charge in [-0.1, -0.05) is 0 Å². The van der Waals surface area contributed by atoms with Gasteiger partial charge in [-0.3, -0.25) is 0 Å². The molecule has 2 aromatic rings. The molecule has 0 fully saturated rings. The molecule has 0 saturated heterocycles. The lowest BCUT2D eigenvalue weighted by Crippen LogP contribution is -2.01. The lowest BCUT2D eigenvalue weighted by Gasteiger charge is -2.07. The van der Waals surface area contributed by atoms with E-state index in [9.17, 15) is 0 Å². The van der Waals surface area contributed by atoms with Gasteiger partial charge in [-0.25, -0.2) is 0 Å². The molecule has 4 heteroatoms. The first-order valence-corrected chi connectivity index (χ1v) is 5.65. The zero-order valence-electron chi connectivity index (χ0n) is 8.03.